The Morgan fingerprint density at radius 1 is 1.03 bits per heavy atom. The Balaban J connectivity index is 1.47. The van der Waals surface area contributed by atoms with E-state index in [9.17, 15) is 4.79 Å². The number of benzene rings is 2. The number of fused-ring (bicyclic) bond motifs is 1. The molecule has 0 radical (unpaired) electrons. The van der Waals surface area contributed by atoms with Crippen molar-refractivity contribution >= 4 is 17.0 Å². The number of nitrogens with one attached hydrogen (secondary N) is 1. The molecular formula is C24H24N4O3. The molecule has 0 aliphatic heterocycles. The summed E-state index contributed by atoms with van der Waals surface area (Å²) < 4.78 is 11.1. The van der Waals surface area contributed by atoms with Crippen molar-refractivity contribution < 1.29 is 14.1 Å². The van der Waals surface area contributed by atoms with Crippen molar-refractivity contribution in [3.05, 3.63) is 71.0 Å². The zero-order valence-electron chi connectivity index (χ0n) is 17.8. The topological polar surface area (TPSA) is 90.1 Å². The highest BCUT2D eigenvalue weighted by Gasteiger charge is 2.19. The first-order valence-corrected chi connectivity index (χ1v) is 10.2. The van der Waals surface area contributed by atoms with Gasteiger partial charge in [-0.3, -0.25) is 4.79 Å². The number of ether oxygens (including phenoxy) is 1. The normalized spacial score (nSPS) is 10.9. The second-order valence-electron chi connectivity index (χ2n) is 7.42. The molecule has 0 spiro atoms. The quantitative estimate of drug-likeness (QED) is 0.487. The molecule has 2 heterocycles. The number of aryl methyl sites for hydroxylation is 3. The predicted molar refractivity (Wildman–Crippen MR) is 118 cm³/mol. The summed E-state index contributed by atoms with van der Waals surface area (Å²) in [4.78, 5) is 20.6. The number of hydrogen-bond donors (Lipinski definition) is 1. The third-order valence-corrected chi connectivity index (χ3v) is 5.28. The molecule has 0 atom stereocenters. The molecule has 158 valence electrons. The van der Waals surface area contributed by atoms with Gasteiger partial charge >= 0.3 is 0 Å². The minimum Gasteiger partial charge on any atom is -0.467 e. The summed E-state index contributed by atoms with van der Waals surface area (Å²) in [6.07, 6.45) is 2.32. The fourth-order valence-corrected chi connectivity index (χ4v) is 3.23. The smallest absolute Gasteiger partial charge is 0.265 e. The summed E-state index contributed by atoms with van der Waals surface area (Å²) in [6.45, 7) is 6.46. The lowest BCUT2D eigenvalue weighted by Gasteiger charge is -2.08. The van der Waals surface area contributed by atoms with Gasteiger partial charge in [0.2, 0.25) is 5.88 Å². The Labute approximate surface area is 180 Å². The summed E-state index contributed by atoms with van der Waals surface area (Å²) in [5, 5.41) is 7.57. The second-order valence-corrected chi connectivity index (χ2v) is 7.42. The first-order chi connectivity index (χ1) is 15.0. The van der Waals surface area contributed by atoms with E-state index in [1.54, 1.807) is 0 Å². The molecule has 2 aromatic heterocycles. The molecule has 0 saturated carbocycles. The summed E-state index contributed by atoms with van der Waals surface area (Å²) in [5.41, 5.74) is 6.40. The van der Waals surface area contributed by atoms with Crippen molar-refractivity contribution in [2.75, 3.05) is 6.61 Å². The van der Waals surface area contributed by atoms with Gasteiger partial charge in [-0.2, -0.15) is 4.98 Å². The van der Waals surface area contributed by atoms with Gasteiger partial charge in [-0.15, -0.1) is 0 Å². The molecule has 4 rings (SSSR count). The second kappa shape index (κ2) is 8.95. The van der Waals surface area contributed by atoms with Crippen LogP contribution >= 0.6 is 0 Å². The van der Waals surface area contributed by atoms with Crippen LogP contribution in [-0.2, 0) is 17.8 Å². The van der Waals surface area contributed by atoms with Gasteiger partial charge in [0.1, 0.15) is 17.4 Å². The standard InChI is InChI=1S/C24H24N4O3/c1-4-17-6-8-18(9-7-17)12-25-20(29)13-30-23-21-22(28-31-24(21)27-14-26-23)19-10-5-15(2)16(3)11-19/h5-11,14H,4,12-13H2,1-3H3,(H,25,29). The average Bonchev–Trinajstić information content (AvgIpc) is 3.23. The number of hydrogen-bond acceptors (Lipinski definition) is 6. The van der Waals surface area contributed by atoms with E-state index in [-0.39, 0.29) is 18.4 Å². The maximum absolute atomic E-state index is 12.3. The lowest BCUT2D eigenvalue weighted by atomic mass is 10.0. The molecular weight excluding hydrogens is 392 g/mol. The van der Waals surface area contributed by atoms with Crippen molar-refractivity contribution in [2.45, 2.75) is 33.7 Å². The van der Waals surface area contributed by atoms with E-state index in [0.717, 1.165) is 23.1 Å². The van der Waals surface area contributed by atoms with Crippen molar-refractivity contribution in [1.82, 2.24) is 20.4 Å². The zero-order chi connectivity index (χ0) is 21.8. The van der Waals surface area contributed by atoms with Crippen LogP contribution < -0.4 is 10.1 Å². The fourth-order valence-electron chi connectivity index (χ4n) is 3.23. The van der Waals surface area contributed by atoms with E-state index in [1.807, 2.05) is 37.3 Å². The van der Waals surface area contributed by atoms with Crippen LogP contribution in [0.2, 0.25) is 0 Å². The van der Waals surface area contributed by atoms with Gasteiger partial charge in [-0.05, 0) is 48.6 Å². The zero-order valence-corrected chi connectivity index (χ0v) is 17.8. The molecule has 4 aromatic rings. The van der Waals surface area contributed by atoms with Gasteiger partial charge in [0, 0.05) is 12.1 Å². The van der Waals surface area contributed by atoms with Crippen LogP contribution in [0.5, 0.6) is 5.88 Å². The SMILES string of the molecule is CCc1ccc(CNC(=O)COc2ncnc3onc(-c4ccc(C)c(C)c4)c23)cc1. The molecule has 0 bridgehead atoms. The van der Waals surface area contributed by atoms with Crippen LogP contribution in [0.1, 0.15) is 29.2 Å². The summed E-state index contributed by atoms with van der Waals surface area (Å²) in [6, 6.07) is 14.2. The molecule has 0 aliphatic rings. The highest BCUT2D eigenvalue weighted by Crippen LogP contribution is 2.33. The van der Waals surface area contributed by atoms with Crippen LogP contribution in [0.4, 0.5) is 0 Å². The first kappa shape index (κ1) is 20.5. The Morgan fingerprint density at radius 2 is 1.81 bits per heavy atom. The van der Waals surface area contributed by atoms with Crippen molar-refractivity contribution in [3.8, 4) is 17.1 Å². The number of aromatic nitrogens is 3. The number of nitrogens with zero attached hydrogens (tertiary/aromatic N) is 3. The fraction of sp³-hybridized carbons (Fsp3) is 0.250. The van der Waals surface area contributed by atoms with Crippen molar-refractivity contribution in [3.63, 3.8) is 0 Å². The molecule has 31 heavy (non-hydrogen) atoms. The van der Waals surface area contributed by atoms with Gasteiger partial charge in [-0.1, -0.05) is 48.5 Å². The van der Waals surface area contributed by atoms with Gasteiger partial charge in [-0.25, -0.2) is 4.98 Å². The highest BCUT2D eigenvalue weighted by molar-refractivity contribution is 5.93. The first-order valence-electron chi connectivity index (χ1n) is 10.2. The Bertz CT molecular complexity index is 1220. The molecule has 0 unspecified atom stereocenters. The predicted octanol–water partition coefficient (Wildman–Crippen LogP) is 4.16. The van der Waals surface area contributed by atoms with Crippen LogP contribution in [0.15, 0.2) is 53.3 Å². The molecule has 1 N–H and O–H groups in total. The number of carbonyl (C=O) groups is 1. The van der Waals surface area contributed by atoms with Crippen LogP contribution in [0, 0.1) is 13.8 Å². The van der Waals surface area contributed by atoms with Gasteiger partial charge in [0.25, 0.3) is 11.6 Å². The van der Waals surface area contributed by atoms with Crippen LogP contribution in [0.3, 0.4) is 0 Å². The van der Waals surface area contributed by atoms with Gasteiger partial charge in [0.05, 0.1) is 0 Å². The molecule has 0 saturated heterocycles. The minimum absolute atomic E-state index is 0.170. The third-order valence-electron chi connectivity index (χ3n) is 5.28. The Morgan fingerprint density at radius 3 is 2.55 bits per heavy atom. The number of rotatable bonds is 7. The maximum Gasteiger partial charge on any atom is 0.265 e. The summed E-state index contributed by atoms with van der Waals surface area (Å²) >= 11 is 0. The largest absolute Gasteiger partial charge is 0.467 e. The monoisotopic (exact) mass is 416 g/mol. The van der Waals surface area contributed by atoms with E-state index in [4.69, 9.17) is 9.26 Å². The van der Waals surface area contributed by atoms with Gasteiger partial charge in [0.15, 0.2) is 6.61 Å². The van der Waals surface area contributed by atoms with Gasteiger partial charge < -0.3 is 14.6 Å². The third kappa shape index (κ3) is 4.55. The summed E-state index contributed by atoms with van der Waals surface area (Å²) in [5.74, 6) is 0.0254. The molecule has 0 fully saturated rings. The van der Waals surface area contributed by atoms with E-state index in [0.29, 0.717) is 23.3 Å². The summed E-state index contributed by atoms with van der Waals surface area (Å²) in [7, 11) is 0. The molecule has 7 heteroatoms. The van der Waals surface area contributed by atoms with E-state index in [2.05, 4.69) is 46.4 Å². The number of amides is 1. The van der Waals surface area contributed by atoms with Crippen molar-refractivity contribution in [2.24, 2.45) is 0 Å². The molecule has 7 nitrogen and oxygen atoms in total. The van der Waals surface area contributed by atoms with Crippen LogP contribution in [0.25, 0.3) is 22.4 Å². The molecule has 2 aromatic carbocycles. The molecule has 0 aliphatic carbocycles. The maximum atomic E-state index is 12.3. The van der Waals surface area contributed by atoms with E-state index < -0.39 is 0 Å². The van der Waals surface area contributed by atoms with Crippen molar-refractivity contribution in [1.29, 1.82) is 0 Å². The van der Waals surface area contributed by atoms with E-state index >= 15 is 0 Å². The highest BCUT2D eigenvalue weighted by atomic mass is 16.5. The van der Waals surface area contributed by atoms with E-state index in [1.165, 1.54) is 17.5 Å². The molecule has 1 amide bonds. The Hall–Kier alpha value is -3.74. The minimum atomic E-state index is -0.240. The average molecular weight is 416 g/mol. The van der Waals surface area contributed by atoms with Crippen LogP contribution in [-0.4, -0.2) is 27.6 Å². The lowest BCUT2D eigenvalue weighted by molar-refractivity contribution is -0.123. The Kier molecular flexibility index (Phi) is 5.93. The lowest BCUT2D eigenvalue weighted by Crippen LogP contribution is -2.28. The number of carbonyl (C=O) groups excluding carboxylic acids is 1.